The van der Waals surface area contributed by atoms with Crippen molar-refractivity contribution in [3.8, 4) is 0 Å². The van der Waals surface area contributed by atoms with Gasteiger partial charge in [0.05, 0.1) is 6.10 Å². The summed E-state index contributed by atoms with van der Waals surface area (Å²) in [5.41, 5.74) is 0.547. The van der Waals surface area contributed by atoms with E-state index in [9.17, 15) is 5.11 Å². The van der Waals surface area contributed by atoms with Crippen LogP contribution in [0.15, 0.2) is 0 Å². The van der Waals surface area contributed by atoms with Gasteiger partial charge in [0.2, 0.25) is 0 Å². The summed E-state index contributed by atoms with van der Waals surface area (Å²) in [6, 6.07) is 0. The molecule has 14 heavy (non-hydrogen) atoms. The molecule has 82 valence electrons. The van der Waals surface area contributed by atoms with Crippen LogP contribution in [0.2, 0.25) is 0 Å². The standard InChI is InChI=1S/C11H21NO2/c1-2-10(13)7-12-8-11(9-12)3-5-14-6-4-11/h10,13H,2-9H2,1H3. The number of aliphatic hydroxyl groups excluding tert-OH is 1. The highest BCUT2D eigenvalue weighted by molar-refractivity contribution is 4.96. The van der Waals surface area contributed by atoms with Gasteiger partial charge in [0.25, 0.3) is 0 Å². The molecule has 3 nitrogen and oxygen atoms in total. The largest absolute Gasteiger partial charge is 0.392 e. The normalized spacial score (nSPS) is 28.7. The lowest BCUT2D eigenvalue weighted by Gasteiger charge is -2.52. The minimum absolute atomic E-state index is 0.132. The maximum Gasteiger partial charge on any atom is 0.0664 e. The van der Waals surface area contributed by atoms with E-state index >= 15 is 0 Å². The topological polar surface area (TPSA) is 32.7 Å². The zero-order valence-corrected chi connectivity index (χ0v) is 9.04. The van der Waals surface area contributed by atoms with Crippen molar-refractivity contribution < 1.29 is 9.84 Å². The predicted molar refractivity (Wildman–Crippen MR) is 55.2 cm³/mol. The molecule has 2 heterocycles. The summed E-state index contributed by atoms with van der Waals surface area (Å²) >= 11 is 0. The highest BCUT2D eigenvalue weighted by atomic mass is 16.5. The van der Waals surface area contributed by atoms with Crippen molar-refractivity contribution in [2.24, 2.45) is 5.41 Å². The molecule has 2 saturated heterocycles. The number of hydrogen-bond acceptors (Lipinski definition) is 3. The molecule has 1 unspecified atom stereocenters. The zero-order valence-electron chi connectivity index (χ0n) is 9.04. The molecule has 2 fully saturated rings. The van der Waals surface area contributed by atoms with E-state index in [1.54, 1.807) is 0 Å². The average molecular weight is 199 g/mol. The van der Waals surface area contributed by atoms with Gasteiger partial charge in [0, 0.05) is 38.3 Å². The molecule has 0 aliphatic carbocycles. The summed E-state index contributed by atoms with van der Waals surface area (Å²) in [7, 11) is 0. The van der Waals surface area contributed by atoms with Crippen molar-refractivity contribution in [3.63, 3.8) is 0 Å². The first-order chi connectivity index (χ1) is 6.74. The summed E-state index contributed by atoms with van der Waals surface area (Å²) in [6.45, 7) is 7.11. The summed E-state index contributed by atoms with van der Waals surface area (Å²) in [6.07, 6.45) is 3.16. The van der Waals surface area contributed by atoms with Gasteiger partial charge < -0.3 is 9.84 Å². The van der Waals surface area contributed by atoms with Crippen LogP contribution in [-0.2, 0) is 4.74 Å². The minimum Gasteiger partial charge on any atom is -0.392 e. The minimum atomic E-state index is -0.132. The number of hydrogen-bond donors (Lipinski definition) is 1. The smallest absolute Gasteiger partial charge is 0.0664 e. The first-order valence-electron chi connectivity index (χ1n) is 5.72. The van der Waals surface area contributed by atoms with Crippen LogP contribution >= 0.6 is 0 Å². The van der Waals surface area contributed by atoms with Crippen LogP contribution < -0.4 is 0 Å². The molecule has 2 aliphatic heterocycles. The monoisotopic (exact) mass is 199 g/mol. The predicted octanol–water partition coefficient (Wildman–Crippen LogP) is 0.870. The van der Waals surface area contributed by atoms with E-state index in [1.807, 2.05) is 6.92 Å². The van der Waals surface area contributed by atoms with Gasteiger partial charge in [0.1, 0.15) is 0 Å². The van der Waals surface area contributed by atoms with Gasteiger partial charge in [-0.1, -0.05) is 6.92 Å². The van der Waals surface area contributed by atoms with Gasteiger partial charge in [-0.2, -0.15) is 0 Å². The van der Waals surface area contributed by atoms with Gasteiger partial charge in [-0.3, -0.25) is 4.90 Å². The van der Waals surface area contributed by atoms with Crippen LogP contribution in [-0.4, -0.2) is 49.0 Å². The SMILES string of the molecule is CCC(O)CN1CC2(CCOCC2)C1. The Hall–Kier alpha value is -0.120. The molecule has 0 amide bonds. The van der Waals surface area contributed by atoms with Gasteiger partial charge in [-0.15, -0.1) is 0 Å². The first kappa shape index (κ1) is 10.4. The van der Waals surface area contributed by atoms with E-state index in [4.69, 9.17) is 4.74 Å². The maximum absolute atomic E-state index is 9.51. The van der Waals surface area contributed by atoms with Crippen LogP contribution in [0.1, 0.15) is 26.2 Å². The number of nitrogens with zero attached hydrogens (tertiary/aromatic N) is 1. The number of likely N-dealkylation sites (tertiary alicyclic amines) is 1. The van der Waals surface area contributed by atoms with Crippen molar-refractivity contribution >= 4 is 0 Å². The van der Waals surface area contributed by atoms with E-state index in [-0.39, 0.29) is 6.10 Å². The third-order valence-electron chi connectivity index (χ3n) is 3.61. The lowest BCUT2D eigenvalue weighted by Crippen LogP contribution is -2.59. The fraction of sp³-hybridized carbons (Fsp3) is 1.00. The molecule has 0 saturated carbocycles. The Labute approximate surface area is 86.0 Å². The van der Waals surface area contributed by atoms with Crippen molar-refractivity contribution in [2.45, 2.75) is 32.3 Å². The quantitative estimate of drug-likeness (QED) is 0.732. The summed E-state index contributed by atoms with van der Waals surface area (Å²) in [4.78, 5) is 2.37. The molecular formula is C11H21NO2. The molecular weight excluding hydrogens is 178 g/mol. The second-order valence-corrected chi connectivity index (χ2v) is 4.84. The van der Waals surface area contributed by atoms with Gasteiger partial charge in [-0.05, 0) is 19.3 Å². The Bertz CT molecular complexity index is 182. The second kappa shape index (κ2) is 4.17. The van der Waals surface area contributed by atoms with E-state index in [0.29, 0.717) is 5.41 Å². The van der Waals surface area contributed by atoms with Crippen LogP contribution in [0, 0.1) is 5.41 Å². The van der Waals surface area contributed by atoms with Gasteiger partial charge in [-0.25, -0.2) is 0 Å². The summed E-state index contributed by atoms with van der Waals surface area (Å²) in [5, 5.41) is 9.51. The van der Waals surface area contributed by atoms with Crippen LogP contribution in [0.4, 0.5) is 0 Å². The third kappa shape index (κ3) is 2.10. The Morgan fingerprint density at radius 1 is 1.36 bits per heavy atom. The lowest BCUT2D eigenvalue weighted by molar-refractivity contribution is -0.0913. The lowest BCUT2D eigenvalue weighted by atomic mass is 9.73. The molecule has 1 N–H and O–H groups in total. The fourth-order valence-corrected chi connectivity index (χ4v) is 2.58. The molecule has 2 aliphatic rings. The second-order valence-electron chi connectivity index (χ2n) is 4.84. The maximum atomic E-state index is 9.51. The van der Waals surface area contributed by atoms with E-state index < -0.39 is 0 Å². The molecule has 3 heteroatoms. The highest BCUT2D eigenvalue weighted by Crippen LogP contribution is 2.39. The van der Waals surface area contributed by atoms with E-state index in [0.717, 1.165) is 26.2 Å². The molecule has 0 bridgehead atoms. The Balaban J connectivity index is 1.72. The Morgan fingerprint density at radius 2 is 2.00 bits per heavy atom. The third-order valence-corrected chi connectivity index (χ3v) is 3.61. The van der Waals surface area contributed by atoms with Crippen molar-refractivity contribution in [2.75, 3.05) is 32.8 Å². The molecule has 1 spiro atoms. The molecule has 0 aromatic carbocycles. The van der Waals surface area contributed by atoms with E-state index in [1.165, 1.54) is 25.9 Å². The first-order valence-corrected chi connectivity index (χ1v) is 5.72. The van der Waals surface area contributed by atoms with E-state index in [2.05, 4.69) is 4.90 Å². The van der Waals surface area contributed by atoms with Crippen molar-refractivity contribution in [1.29, 1.82) is 0 Å². The molecule has 0 aromatic heterocycles. The fourth-order valence-electron chi connectivity index (χ4n) is 2.58. The number of ether oxygens (including phenoxy) is 1. The van der Waals surface area contributed by atoms with Crippen LogP contribution in [0.3, 0.4) is 0 Å². The van der Waals surface area contributed by atoms with Crippen molar-refractivity contribution in [1.82, 2.24) is 4.90 Å². The van der Waals surface area contributed by atoms with Crippen molar-refractivity contribution in [3.05, 3.63) is 0 Å². The van der Waals surface area contributed by atoms with Crippen LogP contribution in [0.25, 0.3) is 0 Å². The number of β-amino-alcohol motifs (C(OH)–C–C–N with tert-alkyl or cyclic N) is 1. The molecule has 2 rings (SSSR count). The average Bonchev–Trinajstić information content (AvgIpc) is 2.17. The Kier molecular flexibility index (Phi) is 3.10. The summed E-state index contributed by atoms with van der Waals surface area (Å²) < 4.78 is 5.37. The molecule has 1 atom stereocenters. The molecule has 0 aromatic rings. The van der Waals surface area contributed by atoms with Gasteiger partial charge >= 0.3 is 0 Å². The van der Waals surface area contributed by atoms with Crippen LogP contribution in [0.5, 0.6) is 0 Å². The number of rotatable bonds is 3. The van der Waals surface area contributed by atoms with Gasteiger partial charge in [0.15, 0.2) is 0 Å². The molecule has 0 radical (unpaired) electrons. The summed E-state index contributed by atoms with van der Waals surface area (Å²) in [5.74, 6) is 0. The highest BCUT2D eigenvalue weighted by Gasteiger charge is 2.43. The Morgan fingerprint density at radius 3 is 2.57 bits per heavy atom. The zero-order chi connectivity index (χ0) is 10.0. The number of aliphatic hydroxyl groups is 1.